The number of carbonyl (C=O) groups excluding carboxylic acids is 1. The van der Waals surface area contributed by atoms with Crippen LogP contribution in [-0.4, -0.2) is 53.2 Å². The summed E-state index contributed by atoms with van der Waals surface area (Å²) in [6.45, 7) is 3.39. The van der Waals surface area contributed by atoms with Gasteiger partial charge in [-0.2, -0.15) is 0 Å². The maximum absolute atomic E-state index is 12.6. The standard InChI is InChI=1S/C27H32N2O3/c1-32-24-13-10-21(11-14-24)27(31)15-12-22-18-29(26-9-5-4-8-25(22)26)20-23(30)19-28-16-6-2-3-7-17-28/h4-5,8-15,18,23,30H,2-3,6-7,16-17,19-20H2,1H3/b15-12+. The van der Waals surface area contributed by atoms with Gasteiger partial charge in [0.05, 0.1) is 13.2 Å². The van der Waals surface area contributed by atoms with Crippen LogP contribution in [0.15, 0.2) is 60.8 Å². The summed E-state index contributed by atoms with van der Waals surface area (Å²) < 4.78 is 7.27. The lowest BCUT2D eigenvalue weighted by atomic mass is 10.1. The molecule has 2 aromatic carbocycles. The highest BCUT2D eigenvalue weighted by atomic mass is 16.5. The molecule has 0 bridgehead atoms. The van der Waals surface area contributed by atoms with Crippen molar-refractivity contribution >= 4 is 22.8 Å². The number of hydrogen-bond donors (Lipinski definition) is 1. The number of ether oxygens (including phenoxy) is 1. The highest BCUT2D eigenvalue weighted by Crippen LogP contribution is 2.24. The van der Waals surface area contributed by atoms with Crippen molar-refractivity contribution in [3.05, 3.63) is 71.9 Å². The number of benzene rings is 2. The van der Waals surface area contributed by atoms with Crippen LogP contribution in [-0.2, 0) is 6.54 Å². The summed E-state index contributed by atoms with van der Waals surface area (Å²) in [7, 11) is 1.61. The molecule has 1 atom stereocenters. The van der Waals surface area contributed by atoms with Crippen molar-refractivity contribution in [3.8, 4) is 5.75 Å². The molecular weight excluding hydrogens is 400 g/mol. The molecule has 1 fully saturated rings. The predicted octanol–water partition coefficient (Wildman–Crippen LogP) is 4.78. The number of para-hydroxylation sites is 1. The van der Waals surface area contributed by atoms with Crippen LogP contribution >= 0.6 is 0 Å². The Labute approximate surface area is 189 Å². The number of methoxy groups -OCH3 is 1. The lowest BCUT2D eigenvalue weighted by Gasteiger charge is -2.23. The average molecular weight is 433 g/mol. The molecule has 0 radical (unpaired) electrons. The van der Waals surface area contributed by atoms with Gasteiger partial charge in [0.15, 0.2) is 5.78 Å². The first-order valence-corrected chi connectivity index (χ1v) is 11.5. The number of ketones is 1. The minimum absolute atomic E-state index is 0.0503. The fourth-order valence-electron chi connectivity index (χ4n) is 4.48. The second-order valence-electron chi connectivity index (χ2n) is 8.55. The van der Waals surface area contributed by atoms with Gasteiger partial charge in [-0.05, 0) is 68.4 Å². The summed E-state index contributed by atoms with van der Waals surface area (Å²) in [6, 6.07) is 15.3. The summed E-state index contributed by atoms with van der Waals surface area (Å²) in [5.74, 6) is 0.679. The van der Waals surface area contributed by atoms with Gasteiger partial charge in [-0.3, -0.25) is 4.79 Å². The lowest BCUT2D eigenvalue weighted by Crippen LogP contribution is -2.35. The quantitative estimate of drug-likeness (QED) is 0.411. The third-order valence-corrected chi connectivity index (χ3v) is 6.18. The number of likely N-dealkylation sites (tertiary alicyclic amines) is 1. The van der Waals surface area contributed by atoms with E-state index in [4.69, 9.17) is 4.74 Å². The summed E-state index contributed by atoms with van der Waals surface area (Å²) in [5, 5.41) is 11.9. The molecule has 2 heterocycles. The molecule has 5 heteroatoms. The molecule has 1 aliphatic heterocycles. The zero-order chi connectivity index (χ0) is 22.3. The number of aliphatic hydroxyl groups is 1. The molecule has 4 rings (SSSR count). The third-order valence-electron chi connectivity index (χ3n) is 6.18. The van der Waals surface area contributed by atoms with Crippen LogP contribution < -0.4 is 4.74 Å². The number of rotatable bonds is 8. The molecule has 1 unspecified atom stereocenters. The van der Waals surface area contributed by atoms with Gasteiger partial charge >= 0.3 is 0 Å². The number of nitrogens with zero attached hydrogens (tertiary/aromatic N) is 2. The van der Waals surface area contributed by atoms with Crippen molar-refractivity contribution in [2.45, 2.75) is 38.3 Å². The largest absolute Gasteiger partial charge is 0.497 e. The minimum Gasteiger partial charge on any atom is -0.497 e. The third kappa shape index (κ3) is 5.47. The number of aliphatic hydroxyl groups excluding tert-OH is 1. The van der Waals surface area contributed by atoms with Crippen molar-refractivity contribution in [2.75, 3.05) is 26.7 Å². The van der Waals surface area contributed by atoms with E-state index in [0.29, 0.717) is 18.7 Å². The van der Waals surface area contributed by atoms with E-state index in [0.717, 1.165) is 35.3 Å². The summed E-state index contributed by atoms with van der Waals surface area (Å²) in [4.78, 5) is 15.0. The zero-order valence-electron chi connectivity index (χ0n) is 18.7. The van der Waals surface area contributed by atoms with E-state index in [9.17, 15) is 9.90 Å². The van der Waals surface area contributed by atoms with Crippen molar-refractivity contribution in [3.63, 3.8) is 0 Å². The van der Waals surface area contributed by atoms with Gasteiger partial charge in [0, 0.05) is 41.3 Å². The number of β-amino-alcohol motifs (C(OH)–C–C–N with tert-alkyl or cyclic N) is 1. The van der Waals surface area contributed by atoms with Gasteiger partial charge in [-0.1, -0.05) is 31.0 Å². The second-order valence-corrected chi connectivity index (χ2v) is 8.55. The Kier molecular flexibility index (Phi) is 7.40. The Hall–Kier alpha value is -2.89. The van der Waals surface area contributed by atoms with E-state index >= 15 is 0 Å². The summed E-state index contributed by atoms with van der Waals surface area (Å²) in [6.07, 6.45) is 10.1. The van der Waals surface area contributed by atoms with E-state index in [2.05, 4.69) is 21.6 Å². The number of allylic oxidation sites excluding steroid dienone is 1. The molecule has 168 valence electrons. The van der Waals surface area contributed by atoms with Crippen molar-refractivity contribution in [1.29, 1.82) is 0 Å². The number of fused-ring (bicyclic) bond motifs is 1. The Morgan fingerprint density at radius 3 is 2.47 bits per heavy atom. The van der Waals surface area contributed by atoms with Crippen LogP contribution in [0.3, 0.4) is 0 Å². The number of carbonyl (C=O) groups is 1. The van der Waals surface area contributed by atoms with Crippen LogP contribution in [0.2, 0.25) is 0 Å². The highest BCUT2D eigenvalue weighted by Gasteiger charge is 2.16. The van der Waals surface area contributed by atoms with E-state index < -0.39 is 6.10 Å². The number of aromatic nitrogens is 1. The molecule has 0 amide bonds. The maximum atomic E-state index is 12.6. The Balaban J connectivity index is 1.49. The molecule has 0 aliphatic carbocycles. The normalized spacial score (nSPS) is 16.3. The Morgan fingerprint density at radius 2 is 1.75 bits per heavy atom. The van der Waals surface area contributed by atoms with Gasteiger partial charge in [-0.15, -0.1) is 0 Å². The smallest absolute Gasteiger partial charge is 0.185 e. The fraction of sp³-hybridized carbons (Fsp3) is 0.370. The molecule has 3 aromatic rings. The molecule has 1 N–H and O–H groups in total. The van der Waals surface area contributed by atoms with Crippen LogP contribution in [0.4, 0.5) is 0 Å². The molecule has 32 heavy (non-hydrogen) atoms. The second kappa shape index (κ2) is 10.6. The first-order chi connectivity index (χ1) is 15.6. The van der Waals surface area contributed by atoms with E-state index in [1.807, 2.05) is 24.4 Å². The van der Waals surface area contributed by atoms with Crippen molar-refractivity contribution in [2.24, 2.45) is 0 Å². The highest BCUT2D eigenvalue weighted by molar-refractivity contribution is 6.07. The molecule has 5 nitrogen and oxygen atoms in total. The first-order valence-electron chi connectivity index (χ1n) is 11.5. The Bertz CT molecular complexity index is 1060. The lowest BCUT2D eigenvalue weighted by molar-refractivity contribution is 0.101. The van der Waals surface area contributed by atoms with Crippen LogP contribution in [0.5, 0.6) is 5.75 Å². The van der Waals surface area contributed by atoms with E-state index in [-0.39, 0.29) is 5.78 Å². The molecular formula is C27H32N2O3. The van der Waals surface area contributed by atoms with Gasteiger partial charge < -0.3 is 19.3 Å². The summed E-state index contributed by atoms with van der Waals surface area (Å²) in [5.41, 5.74) is 2.67. The summed E-state index contributed by atoms with van der Waals surface area (Å²) >= 11 is 0. The van der Waals surface area contributed by atoms with E-state index in [1.165, 1.54) is 25.7 Å². The monoisotopic (exact) mass is 432 g/mol. The SMILES string of the molecule is COc1ccc(C(=O)/C=C/c2cn(CC(O)CN3CCCCCC3)c3ccccc23)cc1. The van der Waals surface area contributed by atoms with Gasteiger partial charge in [0.1, 0.15) is 5.75 Å². The van der Waals surface area contributed by atoms with Crippen molar-refractivity contribution < 1.29 is 14.6 Å². The first kappa shape index (κ1) is 22.3. The minimum atomic E-state index is -0.429. The fourth-order valence-corrected chi connectivity index (χ4v) is 4.48. The predicted molar refractivity (Wildman–Crippen MR) is 129 cm³/mol. The maximum Gasteiger partial charge on any atom is 0.185 e. The van der Waals surface area contributed by atoms with Gasteiger partial charge in [0.2, 0.25) is 0 Å². The van der Waals surface area contributed by atoms with E-state index in [1.54, 1.807) is 37.5 Å². The van der Waals surface area contributed by atoms with Gasteiger partial charge in [-0.25, -0.2) is 0 Å². The average Bonchev–Trinajstić information content (AvgIpc) is 2.97. The van der Waals surface area contributed by atoms with Crippen LogP contribution in [0.25, 0.3) is 17.0 Å². The van der Waals surface area contributed by atoms with Crippen LogP contribution in [0, 0.1) is 0 Å². The van der Waals surface area contributed by atoms with Crippen LogP contribution in [0.1, 0.15) is 41.6 Å². The molecule has 1 aliphatic rings. The number of hydrogen-bond acceptors (Lipinski definition) is 4. The Morgan fingerprint density at radius 1 is 1.03 bits per heavy atom. The molecule has 0 spiro atoms. The molecule has 0 saturated carbocycles. The zero-order valence-corrected chi connectivity index (χ0v) is 18.7. The topological polar surface area (TPSA) is 54.7 Å². The van der Waals surface area contributed by atoms with Crippen molar-refractivity contribution in [1.82, 2.24) is 9.47 Å². The molecule has 1 saturated heterocycles. The van der Waals surface area contributed by atoms with Gasteiger partial charge in [0.25, 0.3) is 0 Å². The molecule has 1 aromatic heterocycles.